The standard InChI is InChI=1S/C12H15FN2O2/c13-9-3-4-11-10(7-9)15(6-2-1-5-14)12(16)8-17-11/h3-4,7H,1-2,5-6,8,14H2. The summed E-state index contributed by atoms with van der Waals surface area (Å²) < 4.78 is 18.4. The summed E-state index contributed by atoms with van der Waals surface area (Å²) in [6, 6.07) is 4.20. The van der Waals surface area contributed by atoms with Crippen LogP contribution in [0.5, 0.6) is 5.75 Å². The number of nitrogens with two attached hydrogens (primary N) is 1. The number of hydrogen-bond donors (Lipinski definition) is 1. The van der Waals surface area contributed by atoms with Crippen LogP contribution >= 0.6 is 0 Å². The van der Waals surface area contributed by atoms with E-state index >= 15 is 0 Å². The third-order valence-corrected chi connectivity index (χ3v) is 2.70. The summed E-state index contributed by atoms with van der Waals surface area (Å²) >= 11 is 0. The molecule has 0 unspecified atom stereocenters. The lowest BCUT2D eigenvalue weighted by molar-refractivity contribution is -0.121. The van der Waals surface area contributed by atoms with Crippen molar-refractivity contribution in [3.8, 4) is 5.75 Å². The largest absolute Gasteiger partial charge is 0.482 e. The average molecular weight is 238 g/mol. The number of fused-ring (bicyclic) bond motifs is 1. The first-order chi connectivity index (χ1) is 8.22. The Bertz CT molecular complexity index is 423. The maximum atomic E-state index is 13.2. The van der Waals surface area contributed by atoms with Crippen LogP contribution in [0.15, 0.2) is 18.2 Å². The molecule has 0 saturated heterocycles. The normalized spacial score (nSPS) is 14.5. The fraction of sp³-hybridized carbons (Fsp3) is 0.417. The van der Waals surface area contributed by atoms with Crippen LogP contribution in [0.4, 0.5) is 10.1 Å². The predicted octanol–water partition coefficient (Wildman–Crippen LogP) is 1.29. The Labute approximate surface area is 99.2 Å². The summed E-state index contributed by atoms with van der Waals surface area (Å²) in [7, 11) is 0. The molecule has 1 aromatic rings. The molecule has 1 amide bonds. The molecule has 17 heavy (non-hydrogen) atoms. The lowest BCUT2D eigenvalue weighted by Crippen LogP contribution is -2.39. The Morgan fingerprint density at radius 1 is 1.41 bits per heavy atom. The number of benzene rings is 1. The van der Waals surface area contributed by atoms with E-state index in [-0.39, 0.29) is 18.3 Å². The van der Waals surface area contributed by atoms with E-state index in [0.717, 1.165) is 12.8 Å². The summed E-state index contributed by atoms with van der Waals surface area (Å²) in [5.74, 6) is 0.0461. The van der Waals surface area contributed by atoms with Crippen molar-refractivity contribution in [2.24, 2.45) is 5.73 Å². The fourth-order valence-corrected chi connectivity index (χ4v) is 1.83. The van der Waals surface area contributed by atoms with Crippen LogP contribution in [0.1, 0.15) is 12.8 Å². The second kappa shape index (κ2) is 5.14. The van der Waals surface area contributed by atoms with Crippen LogP contribution in [-0.4, -0.2) is 25.6 Å². The van der Waals surface area contributed by atoms with E-state index < -0.39 is 0 Å². The minimum atomic E-state index is -0.370. The average Bonchev–Trinajstić information content (AvgIpc) is 2.32. The molecule has 2 N–H and O–H groups in total. The maximum Gasteiger partial charge on any atom is 0.265 e. The highest BCUT2D eigenvalue weighted by Gasteiger charge is 2.25. The van der Waals surface area contributed by atoms with Gasteiger partial charge in [-0.3, -0.25) is 4.79 Å². The van der Waals surface area contributed by atoms with Crippen LogP contribution < -0.4 is 15.4 Å². The molecule has 1 aliphatic heterocycles. The highest BCUT2D eigenvalue weighted by Crippen LogP contribution is 2.32. The zero-order chi connectivity index (χ0) is 12.3. The molecule has 5 heteroatoms. The van der Waals surface area contributed by atoms with E-state index in [9.17, 15) is 9.18 Å². The van der Waals surface area contributed by atoms with Gasteiger partial charge in [0, 0.05) is 12.6 Å². The topological polar surface area (TPSA) is 55.6 Å². The SMILES string of the molecule is NCCCCN1C(=O)COc2ccc(F)cc21. The van der Waals surface area contributed by atoms with E-state index in [2.05, 4.69) is 0 Å². The van der Waals surface area contributed by atoms with E-state index in [1.165, 1.54) is 12.1 Å². The van der Waals surface area contributed by atoms with E-state index in [1.807, 2.05) is 0 Å². The van der Waals surface area contributed by atoms with Crippen molar-refractivity contribution in [2.75, 3.05) is 24.6 Å². The molecule has 0 radical (unpaired) electrons. The minimum Gasteiger partial charge on any atom is -0.482 e. The van der Waals surface area contributed by atoms with Gasteiger partial charge in [-0.2, -0.15) is 0 Å². The van der Waals surface area contributed by atoms with Crippen LogP contribution in [0, 0.1) is 5.82 Å². The fourth-order valence-electron chi connectivity index (χ4n) is 1.83. The van der Waals surface area contributed by atoms with Gasteiger partial charge in [0.1, 0.15) is 11.6 Å². The molecule has 1 aliphatic rings. The second-order valence-corrected chi connectivity index (χ2v) is 3.94. The number of unbranched alkanes of at least 4 members (excludes halogenated alkanes) is 1. The first-order valence-corrected chi connectivity index (χ1v) is 5.65. The van der Waals surface area contributed by atoms with E-state index in [4.69, 9.17) is 10.5 Å². The van der Waals surface area contributed by atoms with Crippen molar-refractivity contribution in [3.05, 3.63) is 24.0 Å². The summed E-state index contributed by atoms with van der Waals surface area (Å²) in [5, 5.41) is 0. The van der Waals surface area contributed by atoms with E-state index in [0.29, 0.717) is 24.5 Å². The number of hydrogen-bond acceptors (Lipinski definition) is 3. The van der Waals surface area contributed by atoms with Gasteiger partial charge in [-0.25, -0.2) is 4.39 Å². The predicted molar refractivity (Wildman–Crippen MR) is 62.5 cm³/mol. The summed E-state index contributed by atoms with van der Waals surface area (Å²) in [6.07, 6.45) is 1.65. The van der Waals surface area contributed by atoms with Crippen LogP contribution in [0.25, 0.3) is 0 Å². The number of nitrogens with zero attached hydrogens (tertiary/aromatic N) is 1. The van der Waals surface area contributed by atoms with Gasteiger partial charge in [0.15, 0.2) is 6.61 Å². The van der Waals surface area contributed by atoms with Crippen molar-refractivity contribution >= 4 is 11.6 Å². The Hall–Kier alpha value is -1.62. The van der Waals surface area contributed by atoms with Gasteiger partial charge < -0.3 is 15.4 Å². The lowest BCUT2D eigenvalue weighted by atomic mass is 10.2. The quantitative estimate of drug-likeness (QED) is 0.804. The number of anilines is 1. The molecule has 92 valence electrons. The molecule has 0 atom stereocenters. The third-order valence-electron chi connectivity index (χ3n) is 2.70. The first-order valence-electron chi connectivity index (χ1n) is 5.65. The number of halogens is 1. The second-order valence-electron chi connectivity index (χ2n) is 3.94. The molecule has 0 aromatic heterocycles. The lowest BCUT2D eigenvalue weighted by Gasteiger charge is -2.29. The van der Waals surface area contributed by atoms with Gasteiger partial charge in [0.05, 0.1) is 5.69 Å². The molecule has 0 spiro atoms. The summed E-state index contributed by atoms with van der Waals surface area (Å²) in [6.45, 7) is 1.16. The van der Waals surface area contributed by atoms with Crippen molar-refractivity contribution in [3.63, 3.8) is 0 Å². The minimum absolute atomic E-state index is 0.0151. The van der Waals surface area contributed by atoms with Gasteiger partial charge in [-0.15, -0.1) is 0 Å². The molecule has 0 aliphatic carbocycles. The number of amides is 1. The third kappa shape index (κ3) is 2.55. The molecule has 1 heterocycles. The Kier molecular flexibility index (Phi) is 3.58. The van der Waals surface area contributed by atoms with Gasteiger partial charge in [-0.05, 0) is 31.5 Å². The summed E-state index contributed by atoms with van der Waals surface area (Å²) in [5.41, 5.74) is 5.92. The van der Waals surface area contributed by atoms with Gasteiger partial charge in [-0.1, -0.05) is 0 Å². The number of ether oxygens (including phenoxy) is 1. The first kappa shape index (κ1) is 11.9. The Balaban J connectivity index is 2.20. The highest BCUT2D eigenvalue weighted by atomic mass is 19.1. The molecule has 4 nitrogen and oxygen atoms in total. The molecule has 1 aromatic carbocycles. The zero-order valence-corrected chi connectivity index (χ0v) is 9.49. The molecule has 2 rings (SSSR count). The van der Waals surface area contributed by atoms with Crippen molar-refractivity contribution in [1.82, 2.24) is 0 Å². The summed E-state index contributed by atoms with van der Waals surface area (Å²) in [4.78, 5) is 13.3. The molecular formula is C12H15FN2O2. The molecular weight excluding hydrogens is 223 g/mol. The van der Waals surface area contributed by atoms with Crippen molar-refractivity contribution in [2.45, 2.75) is 12.8 Å². The van der Waals surface area contributed by atoms with Crippen LogP contribution in [0.2, 0.25) is 0 Å². The monoisotopic (exact) mass is 238 g/mol. The number of carbonyl (C=O) groups is 1. The van der Waals surface area contributed by atoms with Crippen molar-refractivity contribution < 1.29 is 13.9 Å². The Morgan fingerprint density at radius 2 is 2.24 bits per heavy atom. The number of carbonyl (C=O) groups excluding carboxylic acids is 1. The van der Waals surface area contributed by atoms with Gasteiger partial charge in [0.25, 0.3) is 5.91 Å². The smallest absolute Gasteiger partial charge is 0.265 e. The highest BCUT2D eigenvalue weighted by molar-refractivity contribution is 5.97. The van der Waals surface area contributed by atoms with Crippen molar-refractivity contribution in [1.29, 1.82) is 0 Å². The maximum absolute atomic E-state index is 13.2. The number of rotatable bonds is 4. The zero-order valence-electron chi connectivity index (χ0n) is 9.49. The Morgan fingerprint density at radius 3 is 3.00 bits per heavy atom. The molecule has 0 bridgehead atoms. The molecule has 0 saturated carbocycles. The van der Waals surface area contributed by atoms with E-state index in [1.54, 1.807) is 11.0 Å². The molecule has 0 fully saturated rings. The van der Waals surface area contributed by atoms with Crippen LogP contribution in [-0.2, 0) is 4.79 Å². The van der Waals surface area contributed by atoms with Crippen LogP contribution in [0.3, 0.4) is 0 Å². The van der Waals surface area contributed by atoms with Gasteiger partial charge in [0.2, 0.25) is 0 Å². The van der Waals surface area contributed by atoms with Gasteiger partial charge >= 0.3 is 0 Å².